The molecule has 4 bridgehead atoms. The maximum atomic E-state index is 14.6. The first-order chi connectivity index (χ1) is 41.0. The number of nitrogens with two attached hydrogens (primary N) is 1. The summed E-state index contributed by atoms with van der Waals surface area (Å²) in [6.07, 6.45) is 1.15. The number of aromatic nitrogens is 1. The average molecular weight is 1300 g/mol. The van der Waals surface area contributed by atoms with E-state index in [2.05, 4.69) is 59.4 Å². The van der Waals surface area contributed by atoms with Crippen molar-refractivity contribution >= 4 is 97.3 Å². The number of methoxy groups -OCH3 is 2. The second kappa shape index (κ2) is 30.5. The fraction of sp³-hybridized carbons (Fsp3) is 0.541. The molecular weight excluding hydrogens is 1210 g/mol. The number of anilines is 3. The summed E-state index contributed by atoms with van der Waals surface area (Å²) >= 11 is 10.1. The molecule has 0 saturated carbocycles. The number of unbranched alkanes of at least 4 members (excludes halogenated alkanes) is 1. The number of nitrogens with one attached hydrogen (secondary N) is 6. The SMILES string of the molecule is C=C(CBr)C(=O)OC(C)(C)CCCCC(=O)N[C@H](C(=O)N[C@@H](CCCNC(N)O)C(=O)Nc1ccc(NC(=O)O[C@H]2CC(=O)N(C)c3cc(cc(OC)c3Cl)C/C(C)=C/C=C/[C@@H](OC)[C@@]3(O)C[C@H](OC(=O)N3)[C@@H](C)[C@@H]3O[C@@]23C)c2ncccc12)C(C)C. The van der Waals surface area contributed by atoms with E-state index in [1.807, 2.05) is 13.0 Å². The number of alkyl carbamates (subject to hydrolysis) is 1. The van der Waals surface area contributed by atoms with Gasteiger partial charge >= 0.3 is 18.2 Å². The zero-order chi connectivity index (χ0) is 64.1. The largest absolute Gasteiger partial charge is 0.495 e. The van der Waals surface area contributed by atoms with Crippen LogP contribution < -0.4 is 47.3 Å². The molecule has 26 heteroatoms. The number of esters is 1. The number of hydrogen-bond donors (Lipinski definition) is 9. The van der Waals surface area contributed by atoms with Gasteiger partial charge in [0.1, 0.15) is 52.4 Å². The lowest BCUT2D eigenvalue weighted by Gasteiger charge is -2.42. The van der Waals surface area contributed by atoms with Gasteiger partial charge in [-0.15, -0.1) is 0 Å². The number of rotatable bonds is 23. The standard InChI is InChI=1S/C61H83BrClN9O15/c1-33(2)50(70-47(73)21-12-13-24-59(6,7)87-55(77)35(4)32-62)54(76)68-41(19-16-26-66-56(64)78)53(75)67-39-22-23-40(51-38(39)18-15-25-65-51)69-57(79)85-46-30-48(74)72(9)42-28-37(29-43(82-10)49(42)63)27-34(3)17-14-20-45(83-11)61(81)31-44(84-58(80)71-61)36(5)52-60(46,8)86-52/h14-15,17-18,20,22-23,25,28-29,33,36,41,44-46,50,52,56,66,78,81H,4,12-13,16,19,21,24,26-27,30-32,64H2,1-3,5-11H3,(H,67,75)(H,68,76)(H,69,79)(H,70,73)(H,71,80)/b20-14+,34-17+/t36-,41+,44+,45-,46+,50+,52+,56?,60+,61+/m1/s1. The Morgan fingerprint density at radius 3 is 2.46 bits per heavy atom. The van der Waals surface area contributed by atoms with E-state index in [-0.39, 0.29) is 71.0 Å². The first-order valence-corrected chi connectivity index (χ1v) is 30.3. The predicted molar refractivity (Wildman–Crippen MR) is 331 cm³/mol. The van der Waals surface area contributed by atoms with E-state index in [1.54, 1.807) is 78.0 Å². The van der Waals surface area contributed by atoms with Crippen molar-refractivity contribution in [3.63, 3.8) is 0 Å². The highest BCUT2D eigenvalue weighted by Gasteiger charge is 2.64. The molecule has 0 spiro atoms. The van der Waals surface area contributed by atoms with Crippen LogP contribution in [0.1, 0.15) is 105 Å². The molecule has 3 aliphatic heterocycles. The van der Waals surface area contributed by atoms with Crippen LogP contribution in [0.15, 0.2) is 78.5 Å². The number of epoxide rings is 1. The van der Waals surface area contributed by atoms with E-state index in [4.69, 9.17) is 45.8 Å². The van der Waals surface area contributed by atoms with E-state index in [0.717, 1.165) is 11.1 Å². The molecule has 3 aliphatic rings. The van der Waals surface area contributed by atoms with Gasteiger partial charge in [-0.2, -0.15) is 0 Å². The Labute approximate surface area is 520 Å². The van der Waals surface area contributed by atoms with Crippen LogP contribution >= 0.6 is 27.5 Å². The molecule has 0 radical (unpaired) electrons. The molecule has 2 aromatic carbocycles. The summed E-state index contributed by atoms with van der Waals surface area (Å²) < 4.78 is 35.2. The Balaban J connectivity index is 1.22. The summed E-state index contributed by atoms with van der Waals surface area (Å²) in [7, 11) is 4.41. The molecule has 2 fully saturated rings. The highest BCUT2D eigenvalue weighted by atomic mass is 79.9. The zero-order valence-corrected chi connectivity index (χ0v) is 53.2. The Bertz CT molecular complexity index is 3090. The number of fused-ring (bicyclic) bond motifs is 6. The second-order valence-corrected chi connectivity index (χ2v) is 24.3. The smallest absolute Gasteiger partial charge is 0.412 e. The molecule has 1 aromatic heterocycles. The molecule has 2 saturated heterocycles. The van der Waals surface area contributed by atoms with Gasteiger partial charge in [-0.25, -0.2) is 14.4 Å². The minimum atomic E-state index is -1.91. The number of carbonyl (C=O) groups excluding carboxylic acids is 7. The van der Waals surface area contributed by atoms with Crippen LogP contribution in [0, 0.1) is 11.8 Å². The second-order valence-electron chi connectivity index (χ2n) is 23.4. The highest BCUT2D eigenvalue weighted by Crippen LogP contribution is 2.49. The lowest BCUT2D eigenvalue weighted by molar-refractivity contribution is -0.152. The number of aliphatic hydroxyl groups excluding tert-OH is 1. The van der Waals surface area contributed by atoms with Crippen LogP contribution in [0.4, 0.5) is 26.7 Å². The van der Waals surface area contributed by atoms with Crippen LogP contribution in [0.25, 0.3) is 10.9 Å². The Kier molecular flexibility index (Phi) is 24.3. The Morgan fingerprint density at radius 2 is 1.78 bits per heavy atom. The van der Waals surface area contributed by atoms with Gasteiger partial charge in [0.05, 0.1) is 42.2 Å². The number of alkyl halides is 1. The fourth-order valence-electron chi connectivity index (χ4n) is 10.6. The van der Waals surface area contributed by atoms with E-state index < -0.39 is 114 Å². The topological polar surface area (TPSA) is 333 Å². The van der Waals surface area contributed by atoms with E-state index in [0.29, 0.717) is 42.5 Å². The van der Waals surface area contributed by atoms with Gasteiger partial charge in [-0.05, 0) is 121 Å². The van der Waals surface area contributed by atoms with Gasteiger partial charge in [0.25, 0.3) is 0 Å². The number of carbonyl (C=O) groups is 7. The molecule has 4 heterocycles. The van der Waals surface area contributed by atoms with Gasteiger partial charge in [-0.1, -0.05) is 78.7 Å². The average Bonchev–Trinajstić information content (AvgIpc) is 1.61. The first-order valence-electron chi connectivity index (χ1n) is 28.8. The van der Waals surface area contributed by atoms with Crippen LogP contribution in [-0.2, 0) is 54.1 Å². The van der Waals surface area contributed by atoms with Crippen molar-refractivity contribution in [2.45, 2.75) is 166 Å². The number of benzene rings is 2. The normalized spacial score (nSPS) is 24.3. The van der Waals surface area contributed by atoms with Crippen molar-refractivity contribution in [1.29, 1.82) is 0 Å². The summed E-state index contributed by atoms with van der Waals surface area (Å²) in [5.74, 6) is -3.37. The third-order valence-corrected chi connectivity index (χ3v) is 16.7. The van der Waals surface area contributed by atoms with Crippen LogP contribution in [0.3, 0.4) is 0 Å². The first kappa shape index (κ1) is 69.4. The molecular formula is C61H83BrClN9O15. The third kappa shape index (κ3) is 18.4. The van der Waals surface area contributed by atoms with E-state index in [1.165, 1.54) is 44.5 Å². The van der Waals surface area contributed by atoms with Gasteiger partial charge in [-0.3, -0.25) is 45.8 Å². The van der Waals surface area contributed by atoms with Crippen LogP contribution in [0.5, 0.6) is 5.75 Å². The minimum absolute atomic E-state index is 0.0742. The maximum absolute atomic E-state index is 14.6. The number of ether oxygens (including phenoxy) is 6. The number of aliphatic hydroxyl groups is 2. The van der Waals surface area contributed by atoms with Crippen molar-refractivity contribution in [2.24, 2.45) is 17.6 Å². The molecule has 6 rings (SSSR count). The maximum Gasteiger partial charge on any atom is 0.412 e. The van der Waals surface area contributed by atoms with Gasteiger partial charge in [0, 0.05) is 55.4 Å². The fourth-order valence-corrected chi connectivity index (χ4v) is 11.2. The van der Waals surface area contributed by atoms with Crippen molar-refractivity contribution in [3.8, 4) is 5.75 Å². The lowest BCUT2D eigenvalue weighted by Crippen LogP contribution is -2.63. The van der Waals surface area contributed by atoms with Crippen LogP contribution in [0.2, 0.25) is 5.02 Å². The Hall–Kier alpha value is -6.71. The molecule has 10 N–H and O–H groups in total. The Morgan fingerprint density at radius 1 is 1.06 bits per heavy atom. The minimum Gasteiger partial charge on any atom is -0.495 e. The number of halogens is 2. The van der Waals surface area contributed by atoms with Crippen molar-refractivity contribution in [3.05, 3.63) is 89.1 Å². The van der Waals surface area contributed by atoms with E-state index >= 15 is 0 Å². The quantitative estimate of drug-likeness (QED) is 0.00884. The number of nitrogens with zero attached hydrogens (tertiary/aromatic N) is 2. The number of hydrogen-bond acceptors (Lipinski definition) is 18. The van der Waals surface area contributed by atoms with Crippen LogP contribution in [-0.4, -0.2) is 150 Å². The number of allylic oxidation sites excluding steroid dienone is 3. The monoisotopic (exact) mass is 1300 g/mol. The van der Waals surface area contributed by atoms with Crippen molar-refractivity contribution in [2.75, 3.05) is 48.7 Å². The summed E-state index contributed by atoms with van der Waals surface area (Å²) in [6.45, 7) is 16.3. The van der Waals surface area contributed by atoms with Gasteiger partial charge in [0.2, 0.25) is 23.6 Å². The zero-order valence-electron chi connectivity index (χ0n) is 50.9. The predicted octanol–water partition coefficient (Wildman–Crippen LogP) is 6.92. The van der Waals surface area contributed by atoms with Gasteiger partial charge in [0.15, 0.2) is 12.1 Å². The van der Waals surface area contributed by atoms with E-state index in [9.17, 15) is 43.8 Å². The highest BCUT2D eigenvalue weighted by molar-refractivity contribution is 9.09. The number of pyridine rings is 1. The molecule has 0 aliphatic carbocycles. The number of amides is 6. The molecule has 1 unspecified atom stereocenters. The summed E-state index contributed by atoms with van der Waals surface area (Å²) in [4.78, 5) is 102. The summed E-state index contributed by atoms with van der Waals surface area (Å²) in [6, 6.07) is 7.63. The lowest BCUT2D eigenvalue weighted by atomic mass is 9.83. The summed E-state index contributed by atoms with van der Waals surface area (Å²) in [5, 5.41) is 38.9. The third-order valence-electron chi connectivity index (χ3n) is 15.6. The molecule has 476 valence electrons. The molecule has 24 nitrogen and oxygen atoms in total. The molecule has 3 aromatic rings. The van der Waals surface area contributed by atoms with Crippen molar-refractivity contribution in [1.82, 2.24) is 26.3 Å². The molecule has 6 amide bonds. The molecule has 10 atom stereocenters. The van der Waals surface area contributed by atoms with Crippen molar-refractivity contribution < 1.29 is 72.2 Å². The summed E-state index contributed by atoms with van der Waals surface area (Å²) in [5.41, 5.74) is 4.29. The van der Waals surface area contributed by atoms with Gasteiger partial charge < -0.3 is 59.5 Å². The molecule has 87 heavy (non-hydrogen) atoms.